The number of rotatable bonds is 6. The summed E-state index contributed by atoms with van der Waals surface area (Å²) in [6, 6.07) is 15.3. The van der Waals surface area contributed by atoms with Gasteiger partial charge in [0.25, 0.3) is 0 Å². The Hall–Kier alpha value is -1.45. The second-order valence-corrected chi connectivity index (χ2v) is 8.71. The fourth-order valence-corrected chi connectivity index (χ4v) is 4.01. The van der Waals surface area contributed by atoms with Gasteiger partial charge in [-0.25, -0.2) is 4.57 Å². The maximum absolute atomic E-state index is 12.6. The van der Waals surface area contributed by atoms with Crippen molar-refractivity contribution in [2.24, 2.45) is 0 Å². The molecule has 0 atom stereocenters. The predicted molar refractivity (Wildman–Crippen MR) is 100 cm³/mol. The Labute approximate surface area is 150 Å². The number of hydrogen-bond acceptors (Lipinski definition) is 3. The van der Waals surface area contributed by atoms with Crippen molar-refractivity contribution in [3.8, 4) is 0 Å². The van der Waals surface area contributed by atoms with Crippen LogP contribution in [0.1, 0.15) is 49.9 Å². The van der Waals surface area contributed by atoms with Gasteiger partial charge in [0.1, 0.15) is 0 Å². The maximum Gasteiger partial charge on any atom is 0.473 e. The fourth-order valence-electron chi connectivity index (χ4n) is 2.61. The summed E-state index contributed by atoms with van der Waals surface area (Å²) in [7, 11) is -4.29. The van der Waals surface area contributed by atoms with E-state index in [0.29, 0.717) is 0 Å². The molecular weight excluding hydrogens is 335 g/mol. The van der Waals surface area contributed by atoms with Crippen molar-refractivity contribution >= 4 is 7.82 Å². The molecule has 0 aliphatic carbocycles. The van der Waals surface area contributed by atoms with Crippen molar-refractivity contribution in [2.45, 2.75) is 52.7 Å². The molecule has 2 rings (SSSR count). The minimum atomic E-state index is -4.29. The minimum Gasteiger partial charge on any atom is -0.302 e. The van der Waals surface area contributed by atoms with E-state index < -0.39 is 19.0 Å². The highest BCUT2D eigenvalue weighted by atomic mass is 31.2. The molecule has 0 fully saturated rings. The molecule has 136 valence electrons. The van der Waals surface area contributed by atoms with Gasteiger partial charge in [-0.3, -0.25) is 9.05 Å². The van der Waals surface area contributed by atoms with Crippen molar-refractivity contribution in [3.05, 3.63) is 70.8 Å². The molecule has 0 amide bonds. The lowest BCUT2D eigenvalue weighted by molar-refractivity contribution is -0.000251. The van der Waals surface area contributed by atoms with E-state index in [1.807, 2.05) is 62.4 Å². The number of benzene rings is 2. The number of hydrogen-bond donors (Lipinski definition) is 1. The predicted octanol–water partition coefficient (Wildman–Crippen LogP) is 5.61. The molecular formula is C20H27O4P. The van der Waals surface area contributed by atoms with Gasteiger partial charge in [-0.2, -0.15) is 0 Å². The highest BCUT2D eigenvalue weighted by Crippen LogP contribution is 2.54. The van der Waals surface area contributed by atoms with Crippen LogP contribution in [0.25, 0.3) is 0 Å². The van der Waals surface area contributed by atoms with Crippen LogP contribution in [0.2, 0.25) is 0 Å². The molecule has 0 aliphatic rings. The summed E-state index contributed by atoms with van der Waals surface area (Å²) < 4.78 is 23.7. The average Bonchev–Trinajstić information content (AvgIpc) is 2.45. The molecule has 0 saturated carbocycles. The molecule has 4 nitrogen and oxygen atoms in total. The molecule has 2 aromatic rings. The van der Waals surface area contributed by atoms with Crippen LogP contribution in [0, 0.1) is 13.8 Å². The number of aryl methyl sites for hydroxylation is 2. The molecule has 0 aliphatic heterocycles. The van der Waals surface area contributed by atoms with E-state index in [1.54, 1.807) is 27.7 Å². The maximum atomic E-state index is 12.6. The molecule has 0 saturated heterocycles. The lowest BCUT2D eigenvalue weighted by Crippen LogP contribution is -2.25. The van der Waals surface area contributed by atoms with E-state index in [-0.39, 0.29) is 0 Å². The number of phosphoric acid groups is 1. The molecule has 5 heteroatoms. The Morgan fingerprint density at radius 1 is 0.720 bits per heavy atom. The van der Waals surface area contributed by atoms with Gasteiger partial charge in [-0.15, -0.1) is 0 Å². The Balaban J connectivity index is 2.18. The van der Waals surface area contributed by atoms with Gasteiger partial charge in [0.05, 0.1) is 11.2 Å². The molecule has 2 aromatic carbocycles. The Morgan fingerprint density at radius 3 is 1.28 bits per heavy atom. The Bertz CT molecular complexity index is 698. The lowest BCUT2D eigenvalue weighted by atomic mass is 9.98. The zero-order chi connectivity index (χ0) is 18.9. The highest BCUT2D eigenvalue weighted by molar-refractivity contribution is 7.47. The van der Waals surface area contributed by atoms with Crippen LogP contribution >= 0.6 is 7.82 Å². The van der Waals surface area contributed by atoms with Crippen molar-refractivity contribution in [1.82, 2.24) is 0 Å². The average molecular weight is 362 g/mol. The van der Waals surface area contributed by atoms with Gasteiger partial charge in [0.15, 0.2) is 0 Å². The van der Waals surface area contributed by atoms with Crippen molar-refractivity contribution in [3.63, 3.8) is 0 Å². The number of phosphoric ester groups is 1. The highest BCUT2D eigenvalue weighted by Gasteiger charge is 2.39. The zero-order valence-corrected chi connectivity index (χ0v) is 16.6. The first-order valence-electron chi connectivity index (χ1n) is 8.30. The van der Waals surface area contributed by atoms with Gasteiger partial charge in [-0.1, -0.05) is 59.7 Å². The molecule has 0 unspecified atom stereocenters. The van der Waals surface area contributed by atoms with E-state index in [9.17, 15) is 9.46 Å². The van der Waals surface area contributed by atoms with E-state index in [0.717, 1.165) is 22.3 Å². The Kier molecular flexibility index (Phi) is 5.60. The van der Waals surface area contributed by atoms with E-state index in [2.05, 4.69) is 0 Å². The van der Waals surface area contributed by atoms with Crippen molar-refractivity contribution in [1.29, 1.82) is 0 Å². The standard InChI is InChI=1S/C20H27O4P/c1-15-7-11-17(12-8-15)19(3,4)23-25(21,22)24-20(5,6)18-13-9-16(2)10-14-18/h7-14H,1-6H3,(H,21,22). The smallest absolute Gasteiger partial charge is 0.302 e. The first-order chi connectivity index (χ1) is 11.4. The first kappa shape index (κ1) is 19.9. The molecule has 0 bridgehead atoms. The fraction of sp³-hybridized carbons (Fsp3) is 0.400. The van der Waals surface area contributed by atoms with Crippen molar-refractivity contribution in [2.75, 3.05) is 0 Å². The molecule has 1 N–H and O–H groups in total. The van der Waals surface area contributed by atoms with Crippen LogP contribution in [0.5, 0.6) is 0 Å². The monoisotopic (exact) mass is 362 g/mol. The van der Waals surface area contributed by atoms with Crippen LogP contribution < -0.4 is 0 Å². The van der Waals surface area contributed by atoms with Gasteiger partial charge in [0.2, 0.25) is 0 Å². The molecule has 25 heavy (non-hydrogen) atoms. The third-order valence-corrected chi connectivity index (χ3v) is 5.56. The molecule has 0 spiro atoms. The van der Waals surface area contributed by atoms with E-state index in [4.69, 9.17) is 9.05 Å². The Morgan fingerprint density at radius 2 is 1.00 bits per heavy atom. The molecule has 0 heterocycles. The summed E-state index contributed by atoms with van der Waals surface area (Å²) in [6.45, 7) is 11.0. The lowest BCUT2D eigenvalue weighted by Gasteiger charge is -2.32. The normalized spacial score (nSPS) is 13.1. The molecule has 0 aromatic heterocycles. The minimum absolute atomic E-state index is 0.809. The summed E-state index contributed by atoms with van der Waals surface area (Å²) in [5.74, 6) is 0. The summed E-state index contributed by atoms with van der Waals surface area (Å²) in [6.07, 6.45) is 0. The second kappa shape index (κ2) is 7.05. The quantitative estimate of drug-likeness (QED) is 0.679. The van der Waals surface area contributed by atoms with Crippen LogP contribution in [0.3, 0.4) is 0 Å². The summed E-state index contributed by atoms with van der Waals surface area (Å²) in [5, 5.41) is 0. The van der Waals surface area contributed by atoms with Gasteiger partial charge < -0.3 is 4.89 Å². The largest absolute Gasteiger partial charge is 0.473 e. The summed E-state index contributed by atoms with van der Waals surface area (Å²) >= 11 is 0. The SMILES string of the molecule is Cc1ccc(C(C)(C)OP(=O)(O)OC(C)(C)c2ccc(C)cc2)cc1. The third kappa shape index (κ3) is 5.26. The summed E-state index contributed by atoms with van der Waals surface area (Å²) in [4.78, 5) is 10.3. The van der Waals surface area contributed by atoms with Crippen molar-refractivity contribution < 1.29 is 18.5 Å². The van der Waals surface area contributed by atoms with Gasteiger partial charge >= 0.3 is 7.82 Å². The summed E-state index contributed by atoms with van der Waals surface area (Å²) in [5.41, 5.74) is 1.93. The van der Waals surface area contributed by atoms with E-state index in [1.165, 1.54) is 0 Å². The zero-order valence-electron chi connectivity index (χ0n) is 15.7. The molecule has 0 radical (unpaired) electrons. The van der Waals surface area contributed by atoms with Crippen LogP contribution in [-0.4, -0.2) is 4.89 Å². The van der Waals surface area contributed by atoms with E-state index >= 15 is 0 Å². The van der Waals surface area contributed by atoms with Gasteiger partial charge in [0, 0.05) is 0 Å². The van der Waals surface area contributed by atoms with Crippen LogP contribution in [-0.2, 0) is 24.8 Å². The topological polar surface area (TPSA) is 55.8 Å². The first-order valence-corrected chi connectivity index (χ1v) is 9.79. The van der Waals surface area contributed by atoms with Gasteiger partial charge in [-0.05, 0) is 52.7 Å². The second-order valence-electron chi connectivity index (χ2n) is 7.40. The van der Waals surface area contributed by atoms with Crippen LogP contribution in [0.4, 0.5) is 0 Å². The van der Waals surface area contributed by atoms with Crippen LogP contribution in [0.15, 0.2) is 48.5 Å². The third-order valence-electron chi connectivity index (χ3n) is 4.18.